The van der Waals surface area contributed by atoms with E-state index in [-0.39, 0.29) is 21.3 Å². The number of fused-ring (bicyclic) bond motifs is 1. The van der Waals surface area contributed by atoms with Crippen molar-refractivity contribution in [2.75, 3.05) is 0 Å². The number of nitro groups is 1. The van der Waals surface area contributed by atoms with Crippen LogP contribution >= 0.6 is 11.3 Å². The molecule has 1 N–H and O–H groups in total. The minimum atomic E-state index is -0.809. The Morgan fingerprint density at radius 1 is 1.33 bits per heavy atom. The van der Waals surface area contributed by atoms with Crippen LogP contribution in [0.2, 0.25) is 0 Å². The van der Waals surface area contributed by atoms with Gasteiger partial charge < -0.3 is 9.72 Å². The van der Waals surface area contributed by atoms with Crippen LogP contribution in [0.5, 0.6) is 0 Å². The van der Waals surface area contributed by atoms with Crippen LogP contribution < -0.4 is 5.56 Å². The van der Waals surface area contributed by atoms with E-state index in [1.165, 1.54) is 12.1 Å². The molecule has 24 heavy (non-hydrogen) atoms. The van der Waals surface area contributed by atoms with E-state index in [0.717, 1.165) is 11.3 Å². The maximum Gasteiger partial charge on any atom is 0.349 e. The zero-order valence-corrected chi connectivity index (χ0v) is 13.2. The molecule has 2 aromatic heterocycles. The highest BCUT2D eigenvalue weighted by molar-refractivity contribution is 7.17. The molecule has 0 aliphatic rings. The summed E-state index contributed by atoms with van der Waals surface area (Å²) >= 11 is 0.726. The number of aromatic amines is 1. The molecule has 3 rings (SSSR count). The third-order valence-corrected chi connectivity index (χ3v) is 4.29. The Balaban J connectivity index is 1.83. The molecule has 2 heterocycles. The van der Waals surface area contributed by atoms with Crippen LogP contribution in [0.3, 0.4) is 0 Å². The van der Waals surface area contributed by atoms with Gasteiger partial charge in [-0.1, -0.05) is 23.5 Å². The number of para-hydroxylation sites is 1. The number of carbonyl (C=O) groups excluding carboxylic acids is 1. The van der Waals surface area contributed by atoms with Gasteiger partial charge >= 0.3 is 11.0 Å². The lowest BCUT2D eigenvalue weighted by atomic mass is 10.2. The summed E-state index contributed by atoms with van der Waals surface area (Å²) in [5, 5.41) is 10.9. The van der Waals surface area contributed by atoms with Gasteiger partial charge in [-0.2, -0.15) is 0 Å². The molecule has 8 nitrogen and oxygen atoms in total. The standard InChI is InChI=1S/C15H11N3O5S/c1-8(23-15(20)11-6-7-12(24-11)18(21)22)13-16-10-5-3-2-4-9(10)14(19)17-13/h2-8H,1H3,(H,16,17,19)/t8-/m0/s1. The molecule has 0 amide bonds. The normalized spacial score (nSPS) is 12.0. The first-order valence-corrected chi connectivity index (χ1v) is 7.71. The third-order valence-electron chi connectivity index (χ3n) is 3.27. The minimum absolute atomic E-state index is 0.108. The van der Waals surface area contributed by atoms with Crippen molar-refractivity contribution in [1.82, 2.24) is 9.97 Å². The number of esters is 1. The van der Waals surface area contributed by atoms with E-state index in [1.54, 1.807) is 31.2 Å². The van der Waals surface area contributed by atoms with E-state index in [2.05, 4.69) is 9.97 Å². The van der Waals surface area contributed by atoms with E-state index in [0.29, 0.717) is 10.9 Å². The second kappa shape index (κ2) is 6.20. The third kappa shape index (κ3) is 3.01. The van der Waals surface area contributed by atoms with Crippen molar-refractivity contribution in [2.24, 2.45) is 0 Å². The average molecular weight is 345 g/mol. The number of aromatic nitrogens is 2. The number of benzene rings is 1. The summed E-state index contributed by atoms with van der Waals surface area (Å²) in [7, 11) is 0. The topological polar surface area (TPSA) is 115 Å². The van der Waals surface area contributed by atoms with Crippen molar-refractivity contribution >= 4 is 33.2 Å². The molecule has 0 aliphatic carbocycles. The van der Waals surface area contributed by atoms with Gasteiger partial charge in [-0.25, -0.2) is 9.78 Å². The molecule has 1 atom stereocenters. The summed E-state index contributed by atoms with van der Waals surface area (Å²) in [5.74, 6) is -0.505. The Bertz CT molecular complexity index is 994. The highest BCUT2D eigenvalue weighted by atomic mass is 32.1. The summed E-state index contributed by atoms with van der Waals surface area (Å²) in [5.41, 5.74) is 0.163. The smallest absolute Gasteiger partial charge is 0.349 e. The maximum absolute atomic E-state index is 12.1. The quantitative estimate of drug-likeness (QED) is 0.442. The van der Waals surface area contributed by atoms with Crippen LogP contribution in [0.25, 0.3) is 10.9 Å². The number of hydrogen-bond donors (Lipinski definition) is 1. The van der Waals surface area contributed by atoms with Crippen molar-refractivity contribution in [3.8, 4) is 0 Å². The van der Waals surface area contributed by atoms with Crippen molar-refractivity contribution in [1.29, 1.82) is 0 Å². The second-order valence-corrected chi connectivity index (χ2v) is 5.97. The first kappa shape index (κ1) is 15.8. The highest BCUT2D eigenvalue weighted by Gasteiger charge is 2.20. The molecule has 0 fully saturated rings. The van der Waals surface area contributed by atoms with Gasteiger partial charge in [0.2, 0.25) is 0 Å². The molecule has 1 aromatic carbocycles. The SMILES string of the molecule is C[C@H](OC(=O)c1ccc([N+](=O)[O-])s1)c1nc2ccccc2c(=O)[nH]1. The first-order valence-electron chi connectivity index (χ1n) is 6.90. The Labute approximate surface area is 138 Å². The lowest BCUT2D eigenvalue weighted by Crippen LogP contribution is -2.17. The van der Waals surface area contributed by atoms with Crippen LogP contribution in [0.15, 0.2) is 41.2 Å². The average Bonchev–Trinajstić information content (AvgIpc) is 3.05. The fraction of sp³-hybridized carbons (Fsp3) is 0.133. The molecule has 0 bridgehead atoms. The molecule has 0 spiro atoms. The van der Waals surface area contributed by atoms with Gasteiger partial charge in [0.25, 0.3) is 5.56 Å². The summed E-state index contributed by atoms with van der Waals surface area (Å²) in [6, 6.07) is 9.38. The number of H-pyrrole nitrogens is 1. The molecule has 9 heteroatoms. The zero-order chi connectivity index (χ0) is 17.3. The largest absolute Gasteiger partial charge is 0.450 e. The Hall–Kier alpha value is -3.07. The molecule has 122 valence electrons. The summed E-state index contributed by atoms with van der Waals surface area (Å²) in [6.07, 6.45) is -0.809. The van der Waals surface area contributed by atoms with Gasteiger partial charge in [0.05, 0.1) is 15.8 Å². The maximum atomic E-state index is 12.1. The summed E-state index contributed by atoms with van der Waals surface area (Å²) in [4.78, 5) is 41.1. The fourth-order valence-corrected chi connectivity index (χ4v) is 2.81. The van der Waals surface area contributed by atoms with Gasteiger partial charge in [0, 0.05) is 6.07 Å². The van der Waals surface area contributed by atoms with Crippen molar-refractivity contribution in [2.45, 2.75) is 13.0 Å². The van der Waals surface area contributed by atoms with Crippen molar-refractivity contribution in [3.63, 3.8) is 0 Å². The number of hydrogen-bond acceptors (Lipinski definition) is 7. The zero-order valence-electron chi connectivity index (χ0n) is 12.4. The predicted molar refractivity (Wildman–Crippen MR) is 87.2 cm³/mol. The highest BCUT2D eigenvalue weighted by Crippen LogP contribution is 2.26. The molecule has 0 saturated carbocycles. The Morgan fingerprint density at radius 2 is 2.08 bits per heavy atom. The lowest BCUT2D eigenvalue weighted by Gasteiger charge is -2.12. The summed E-state index contributed by atoms with van der Waals surface area (Å²) in [6.45, 7) is 1.56. The molecule has 0 unspecified atom stereocenters. The predicted octanol–water partition coefficient (Wildman–Crippen LogP) is 2.81. The number of rotatable bonds is 4. The molecule has 3 aromatic rings. The number of carbonyl (C=O) groups is 1. The van der Waals surface area contributed by atoms with Crippen LogP contribution in [0, 0.1) is 10.1 Å². The van der Waals surface area contributed by atoms with Crippen LogP contribution in [-0.4, -0.2) is 20.9 Å². The van der Waals surface area contributed by atoms with E-state index in [4.69, 9.17) is 4.74 Å². The number of nitrogens with zero attached hydrogens (tertiary/aromatic N) is 2. The van der Waals surface area contributed by atoms with E-state index < -0.39 is 17.0 Å². The molecular formula is C15H11N3O5S. The fourth-order valence-electron chi connectivity index (χ4n) is 2.11. The lowest BCUT2D eigenvalue weighted by molar-refractivity contribution is -0.380. The second-order valence-electron chi connectivity index (χ2n) is 4.91. The minimum Gasteiger partial charge on any atom is -0.450 e. The Kier molecular flexibility index (Phi) is 4.09. The molecular weight excluding hydrogens is 334 g/mol. The van der Waals surface area contributed by atoms with Crippen LogP contribution in [0.1, 0.15) is 28.5 Å². The van der Waals surface area contributed by atoms with E-state index in [1.807, 2.05) is 0 Å². The van der Waals surface area contributed by atoms with Crippen molar-refractivity contribution < 1.29 is 14.5 Å². The Morgan fingerprint density at radius 3 is 2.79 bits per heavy atom. The van der Waals surface area contributed by atoms with Crippen LogP contribution in [0.4, 0.5) is 5.00 Å². The van der Waals surface area contributed by atoms with E-state index in [9.17, 15) is 19.7 Å². The van der Waals surface area contributed by atoms with Crippen molar-refractivity contribution in [3.05, 3.63) is 67.6 Å². The van der Waals surface area contributed by atoms with Gasteiger partial charge in [-0.3, -0.25) is 14.9 Å². The number of thiophene rings is 1. The number of ether oxygens (including phenoxy) is 1. The van der Waals surface area contributed by atoms with Gasteiger partial charge in [0.15, 0.2) is 11.9 Å². The van der Waals surface area contributed by atoms with Gasteiger partial charge in [-0.05, 0) is 25.1 Å². The van der Waals surface area contributed by atoms with E-state index >= 15 is 0 Å². The first-order chi connectivity index (χ1) is 11.5. The van der Waals surface area contributed by atoms with Gasteiger partial charge in [-0.15, -0.1) is 0 Å². The summed E-state index contributed by atoms with van der Waals surface area (Å²) < 4.78 is 5.24. The van der Waals surface area contributed by atoms with Gasteiger partial charge in [0.1, 0.15) is 4.88 Å². The molecule has 0 saturated heterocycles. The molecule has 0 aliphatic heterocycles. The molecule has 0 radical (unpaired) electrons. The monoisotopic (exact) mass is 345 g/mol. The number of nitrogens with one attached hydrogen (secondary N) is 1. The van der Waals surface area contributed by atoms with Crippen LogP contribution in [-0.2, 0) is 4.74 Å².